The Kier molecular flexibility index (Phi) is 7.00. The fraction of sp³-hybridized carbons (Fsp3) is 0.385. The zero-order chi connectivity index (χ0) is 28.1. The van der Waals surface area contributed by atoms with Gasteiger partial charge in [0.05, 0.1) is 9.99 Å². The van der Waals surface area contributed by atoms with E-state index in [4.69, 9.17) is 4.74 Å². The molecule has 4 heterocycles. The molecule has 13 heteroatoms. The van der Waals surface area contributed by atoms with Crippen LogP contribution in [0.3, 0.4) is 0 Å². The summed E-state index contributed by atoms with van der Waals surface area (Å²) in [5.41, 5.74) is -0.0738. The summed E-state index contributed by atoms with van der Waals surface area (Å²) < 4.78 is 65.2. The Bertz CT molecular complexity index is 1550. The van der Waals surface area contributed by atoms with Gasteiger partial charge in [0.25, 0.3) is 0 Å². The number of benzene rings is 1. The van der Waals surface area contributed by atoms with Crippen LogP contribution in [0.25, 0.3) is 28.1 Å². The Morgan fingerprint density at radius 1 is 1.18 bits per heavy atom. The molecule has 8 nitrogen and oxygen atoms in total. The Morgan fingerprint density at radius 2 is 1.95 bits per heavy atom. The first-order valence-corrected chi connectivity index (χ1v) is 13.0. The number of halogens is 5. The van der Waals surface area contributed by atoms with Gasteiger partial charge in [-0.2, -0.15) is 13.2 Å². The summed E-state index contributed by atoms with van der Waals surface area (Å²) in [6.45, 7) is 5.52. The molecule has 1 fully saturated rings. The van der Waals surface area contributed by atoms with Gasteiger partial charge in [-0.15, -0.1) is 10.2 Å². The second kappa shape index (κ2) is 10.0. The fourth-order valence-corrected chi connectivity index (χ4v) is 4.98. The molecule has 2 unspecified atom stereocenters. The molecule has 206 valence electrons. The topological polar surface area (TPSA) is 84.6 Å². The van der Waals surface area contributed by atoms with E-state index in [0.717, 1.165) is 4.90 Å². The lowest BCUT2D eigenvalue weighted by Crippen LogP contribution is -2.50. The predicted molar refractivity (Wildman–Crippen MR) is 140 cm³/mol. The molecular weight excluding hydrogens is 584 g/mol. The van der Waals surface area contributed by atoms with Crippen molar-refractivity contribution < 1.29 is 27.1 Å². The summed E-state index contributed by atoms with van der Waals surface area (Å²) in [7, 11) is 0. The van der Waals surface area contributed by atoms with Crippen molar-refractivity contribution in [2.24, 2.45) is 0 Å². The first-order valence-electron chi connectivity index (χ1n) is 12.2. The average Bonchev–Trinajstić information content (AvgIpc) is 3.51. The molecule has 4 aromatic rings. The van der Waals surface area contributed by atoms with Crippen molar-refractivity contribution in [3.63, 3.8) is 0 Å². The number of pyridine rings is 2. The van der Waals surface area contributed by atoms with Gasteiger partial charge in [0, 0.05) is 29.7 Å². The molecule has 0 saturated carbocycles. The summed E-state index contributed by atoms with van der Waals surface area (Å²) in [6.07, 6.45) is -4.23. The maximum absolute atomic E-state index is 14.7. The van der Waals surface area contributed by atoms with Crippen molar-refractivity contribution in [3.8, 4) is 11.5 Å². The molecule has 1 saturated heterocycles. The number of hydrogen-bond donors (Lipinski definition) is 1. The summed E-state index contributed by atoms with van der Waals surface area (Å²) >= 11 is 3.14. The standard InChI is InChI=1S/C26H25BrF4N6O2/c1-25(2,3)39-24(38)37(16-8-9-32-12-16)22(26(29,30)31)15-5-7-21-34-35-23(36(21)13-15)19-6-4-14-10-18(28)17(27)11-20(14)33-19/h4-7,10-11,13,16,22,32H,8-9,12H2,1-3H3. The highest BCUT2D eigenvalue weighted by atomic mass is 79.9. The van der Waals surface area contributed by atoms with Gasteiger partial charge in [-0.05, 0) is 73.9 Å². The number of amides is 1. The molecule has 1 aromatic carbocycles. The first-order chi connectivity index (χ1) is 18.3. The van der Waals surface area contributed by atoms with Gasteiger partial charge in [-0.3, -0.25) is 9.30 Å². The lowest BCUT2D eigenvalue weighted by molar-refractivity contribution is -0.188. The summed E-state index contributed by atoms with van der Waals surface area (Å²) in [5.74, 6) is -0.249. The fourth-order valence-electron chi connectivity index (χ4n) is 4.65. The molecule has 2 atom stereocenters. The molecule has 39 heavy (non-hydrogen) atoms. The van der Waals surface area contributed by atoms with Crippen molar-refractivity contribution in [2.45, 2.75) is 51.1 Å². The number of carbonyl (C=O) groups excluding carboxylic acids is 1. The van der Waals surface area contributed by atoms with Crippen LogP contribution in [0.15, 0.2) is 47.1 Å². The largest absolute Gasteiger partial charge is 0.444 e. The number of rotatable bonds is 4. The second-order valence-electron chi connectivity index (χ2n) is 10.3. The van der Waals surface area contributed by atoms with Gasteiger partial charge >= 0.3 is 12.3 Å². The molecule has 0 radical (unpaired) electrons. The third-order valence-corrected chi connectivity index (χ3v) is 6.93. The van der Waals surface area contributed by atoms with E-state index in [0.29, 0.717) is 35.2 Å². The number of nitrogens with zero attached hydrogens (tertiary/aromatic N) is 5. The van der Waals surface area contributed by atoms with Crippen molar-refractivity contribution >= 4 is 38.6 Å². The number of carbonyl (C=O) groups is 1. The highest BCUT2D eigenvalue weighted by Gasteiger charge is 2.50. The van der Waals surface area contributed by atoms with Crippen LogP contribution in [-0.2, 0) is 4.74 Å². The summed E-state index contributed by atoms with van der Waals surface area (Å²) in [6, 6.07) is 5.79. The number of ether oxygens (including phenoxy) is 1. The Morgan fingerprint density at radius 3 is 2.62 bits per heavy atom. The highest BCUT2D eigenvalue weighted by Crippen LogP contribution is 2.41. The Hall–Kier alpha value is -3.32. The van der Waals surface area contributed by atoms with Crippen LogP contribution in [-0.4, -0.2) is 61.5 Å². The van der Waals surface area contributed by atoms with E-state index in [1.165, 1.54) is 34.9 Å². The second-order valence-corrected chi connectivity index (χ2v) is 11.2. The Balaban J connectivity index is 1.62. The molecule has 1 aliphatic heterocycles. The maximum Gasteiger partial charge on any atom is 0.413 e. The molecule has 1 amide bonds. The van der Waals surface area contributed by atoms with Crippen LogP contribution in [0.5, 0.6) is 0 Å². The molecule has 5 rings (SSSR count). The van der Waals surface area contributed by atoms with Crippen molar-refractivity contribution in [3.05, 3.63) is 58.4 Å². The molecule has 0 aliphatic carbocycles. The van der Waals surface area contributed by atoms with Crippen LogP contribution >= 0.6 is 15.9 Å². The lowest BCUT2D eigenvalue weighted by atomic mass is 10.0. The average molecular weight is 609 g/mol. The van der Waals surface area contributed by atoms with E-state index in [1.54, 1.807) is 32.9 Å². The highest BCUT2D eigenvalue weighted by molar-refractivity contribution is 9.10. The number of aromatic nitrogens is 4. The molecule has 1 N–H and O–H groups in total. The summed E-state index contributed by atoms with van der Waals surface area (Å²) in [5, 5.41) is 11.8. The van der Waals surface area contributed by atoms with Gasteiger partial charge in [0.2, 0.25) is 0 Å². The van der Waals surface area contributed by atoms with Crippen molar-refractivity contribution in [2.75, 3.05) is 13.1 Å². The van der Waals surface area contributed by atoms with Crippen molar-refractivity contribution in [1.82, 2.24) is 29.8 Å². The zero-order valence-electron chi connectivity index (χ0n) is 21.3. The van der Waals surface area contributed by atoms with E-state index in [9.17, 15) is 22.4 Å². The molecule has 0 spiro atoms. The van der Waals surface area contributed by atoms with Gasteiger partial charge in [0.1, 0.15) is 17.1 Å². The molecule has 1 aliphatic rings. The van der Waals surface area contributed by atoms with Gasteiger partial charge in [-0.25, -0.2) is 14.2 Å². The minimum atomic E-state index is -4.81. The van der Waals surface area contributed by atoms with E-state index in [-0.39, 0.29) is 22.4 Å². The molecular formula is C26H25BrF4N6O2. The first kappa shape index (κ1) is 27.3. The zero-order valence-corrected chi connectivity index (χ0v) is 22.8. The van der Waals surface area contributed by atoms with Crippen LogP contribution < -0.4 is 5.32 Å². The van der Waals surface area contributed by atoms with Gasteiger partial charge < -0.3 is 10.1 Å². The lowest BCUT2D eigenvalue weighted by Gasteiger charge is -2.38. The number of nitrogens with one attached hydrogen (secondary N) is 1. The third kappa shape index (κ3) is 5.55. The van der Waals surface area contributed by atoms with Crippen LogP contribution in [0, 0.1) is 5.82 Å². The predicted octanol–water partition coefficient (Wildman–Crippen LogP) is 6.05. The van der Waals surface area contributed by atoms with Crippen molar-refractivity contribution in [1.29, 1.82) is 0 Å². The number of hydrogen-bond acceptors (Lipinski definition) is 6. The number of alkyl halides is 3. The monoisotopic (exact) mass is 608 g/mol. The van der Waals surface area contributed by atoms with E-state index in [2.05, 4.69) is 36.4 Å². The summed E-state index contributed by atoms with van der Waals surface area (Å²) in [4.78, 5) is 18.5. The molecule has 0 bridgehead atoms. The Labute approximate surface area is 229 Å². The normalized spacial score (nSPS) is 17.1. The minimum absolute atomic E-state index is 0.181. The van der Waals surface area contributed by atoms with Gasteiger partial charge in [0.15, 0.2) is 17.5 Å². The molecule has 3 aromatic heterocycles. The van der Waals surface area contributed by atoms with Gasteiger partial charge in [-0.1, -0.05) is 12.1 Å². The SMILES string of the molecule is CC(C)(C)OC(=O)N(C1CCNC1)C(c1ccc2nnc(-c3ccc4cc(F)c(Br)cc4n3)n2c1)C(F)(F)F. The quantitative estimate of drug-likeness (QED) is 0.284. The minimum Gasteiger partial charge on any atom is -0.444 e. The smallest absolute Gasteiger partial charge is 0.413 e. The van der Waals surface area contributed by atoms with Crippen LogP contribution in [0.2, 0.25) is 0 Å². The van der Waals surface area contributed by atoms with E-state index >= 15 is 0 Å². The maximum atomic E-state index is 14.7. The van der Waals surface area contributed by atoms with Crippen LogP contribution in [0.1, 0.15) is 38.8 Å². The van der Waals surface area contributed by atoms with Crippen LogP contribution in [0.4, 0.5) is 22.4 Å². The third-order valence-electron chi connectivity index (χ3n) is 6.32. The van der Waals surface area contributed by atoms with E-state index in [1.807, 2.05) is 0 Å². The van der Waals surface area contributed by atoms with E-state index < -0.39 is 35.8 Å². The number of fused-ring (bicyclic) bond motifs is 2.